The van der Waals surface area contributed by atoms with E-state index >= 15 is 0 Å². The van der Waals surface area contributed by atoms with Gasteiger partial charge in [-0.3, -0.25) is 0 Å². The SMILES string of the molecule is CN1C=CC(=CC=C2CCCC(C=Cc3cc[n+](C)c4ccccc34)=C2Cl)c2ccccc21. The molecule has 1 aromatic heterocycles. The van der Waals surface area contributed by atoms with E-state index in [0.29, 0.717) is 0 Å². The molecule has 2 aromatic carbocycles. The maximum absolute atomic E-state index is 6.90. The van der Waals surface area contributed by atoms with E-state index in [-0.39, 0.29) is 0 Å². The second-order valence-corrected chi connectivity index (χ2v) is 9.06. The first kappa shape index (κ1) is 21.5. The van der Waals surface area contributed by atoms with Crippen molar-refractivity contribution in [3.05, 3.63) is 119 Å². The van der Waals surface area contributed by atoms with Crippen LogP contribution in [0.1, 0.15) is 30.4 Å². The average molecular weight is 452 g/mol. The third-order valence-electron chi connectivity index (χ3n) is 6.53. The quantitative estimate of drug-likeness (QED) is 0.378. The fourth-order valence-electron chi connectivity index (χ4n) is 4.65. The summed E-state index contributed by atoms with van der Waals surface area (Å²) in [5.74, 6) is 0. The first-order valence-corrected chi connectivity index (χ1v) is 11.9. The Bertz CT molecular complexity index is 1370. The molecular weight excluding hydrogens is 424 g/mol. The number of anilines is 1. The van der Waals surface area contributed by atoms with Crippen LogP contribution in [0.15, 0.2) is 107 Å². The highest BCUT2D eigenvalue weighted by Gasteiger charge is 2.16. The van der Waals surface area contributed by atoms with Crippen molar-refractivity contribution in [1.29, 1.82) is 0 Å². The third-order valence-corrected chi connectivity index (χ3v) is 7.02. The molecule has 1 aliphatic carbocycles. The van der Waals surface area contributed by atoms with Crippen LogP contribution in [0.2, 0.25) is 0 Å². The summed E-state index contributed by atoms with van der Waals surface area (Å²) in [5.41, 5.74) is 8.55. The van der Waals surface area contributed by atoms with Crippen molar-refractivity contribution in [3.63, 3.8) is 0 Å². The van der Waals surface area contributed by atoms with Crippen LogP contribution in [-0.4, -0.2) is 7.05 Å². The number of aromatic nitrogens is 1. The molecule has 1 aliphatic heterocycles. The van der Waals surface area contributed by atoms with Crippen molar-refractivity contribution in [3.8, 4) is 0 Å². The Labute approximate surface area is 201 Å². The first-order chi connectivity index (χ1) is 16.1. The van der Waals surface area contributed by atoms with Crippen LogP contribution in [0.5, 0.6) is 0 Å². The van der Waals surface area contributed by atoms with Crippen LogP contribution in [0.25, 0.3) is 22.6 Å². The van der Waals surface area contributed by atoms with Crippen molar-refractivity contribution in [2.75, 3.05) is 11.9 Å². The van der Waals surface area contributed by atoms with Gasteiger partial charge in [0.05, 0.1) is 5.39 Å². The highest BCUT2D eigenvalue weighted by atomic mass is 35.5. The van der Waals surface area contributed by atoms with Gasteiger partial charge in [0.2, 0.25) is 5.52 Å². The number of fused-ring (bicyclic) bond motifs is 2. The van der Waals surface area contributed by atoms with E-state index in [0.717, 1.165) is 24.3 Å². The Hall–Kier alpha value is -3.36. The lowest BCUT2D eigenvalue weighted by atomic mass is 9.92. The minimum atomic E-state index is 0.894. The summed E-state index contributed by atoms with van der Waals surface area (Å²) < 4.78 is 2.16. The van der Waals surface area contributed by atoms with Gasteiger partial charge in [0.1, 0.15) is 7.05 Å². The standard InChI is InChI=1S/C30H28ClN2/c1-32-20-18-22(26-10-3-5-12-28(26)32)14-16-24-8-7-9-25(30(24)31)17-15-23-19-21-33(2)29-13-6-4-11-27(23)29/h3-6,10-21H,7-9H2,1-2H3/q+1. The molecule has 2 heterocycles. The van der Waals surface area contributed by atoms with Gasteiger partial charge in [0, 0.05) is 41.7 Å². The lowest BCUT2D eigenvalue weighted by molar-refractivity contribution is -0.644. The van der Waals surface area contributed by atoms with Crippen molar-refractivity contribution in [1.82, 2.24) is 0 Å². The molecular formula is C30H28ClN2+. The second-order valence-electron chi connectivity index (χ2n) is 8.68. The molecule has 3 aromatic rings. The zero-order valence-corrected chi connectivity index (χ0v) is 19.9. The van der Waals surface area contributed by atoms with Crippen molar-refractivity contribution in [2.45, 2.75) is 19.3 Å². The Morgan fingerprint density at radius 3 is 2.67 bits per heavy atom. The molecule has 2 nitrogen and oxygen atoms in total. The van der Waals surface area contributed by atoms with E-state index in [1.54, 1.807) is 0 Å². The maximum atomic E-state index is 6.90. The van der Waals surface area contributed by atoms with E-state index < -0.39 is 0 Å². The molecule has 3 heteroatoms. The zero-order chi connectivity index (χ0) is 22.8. The highest BCUT2D eigenvalue weighted by molar-refractivity contribution is 6.32. The van der Waals surface area contributed by atoms with Crippen molar-refractivity contribution >= 4 is 39.8 Å². The Morgan fingerprint density at radius 2 is 1.76 bits per heavy atom. The maximum Gasteiger partial charge on any atom is 0.212 e. The lowest BCUT2D eigenvalue weighted by Crippen LogP contribution is -2.28. The first-order valence-electron chi connectivity index (χ1n) is 11.5. The predicted molar refractivity (Wildman–Crippen MR) is 141 cm³/mol. The number of aryl methyl sites for hydroxylation is 1. The van der Waals surface area contributed by atoms with Gasteiger partial charge in [-0.15, -0.1) is 0 Å². The van der Waals surface area contributed by atoms with E-state index in [2.05, 4.69) is 121 Å². The normalized spacial score (nSPS) is 18.7. The van der Waals surface area contributed by atoms with Crippen LogP contribution < -0.4 is 9.47 Å². The monoisotopic (exact) mass is 451 g/mol. The topological polar surface area (TPSA) is 7.12 Å². The number of rotatable bonds is 3. The number of hydrogen-bond donors (Lipinski definition) is 0. The third kappa shape index (κ3) is 4.31. The number of nitrogens with zero attached hydrogens (tertiary/aromatic N) is 2. The Balaban J connectivity index is 1.46. The summed E-state index contributed by atoms with van der Waals surface area (Å²) in [4.78, 5) is 2.16. The number of halogens is 1. The fourth-order valence-corrected chi connectivity index (χ4v) is 4.97. The number of para-hydroxylation sites is 2. The van der Waals surface area contributed by atoms with E-state index in [4.69, 9.17) is 11.6 Å². The molecule has 0 unspecified atom stereocenters. The summed E-state index contributed by atoms with van der Waals surface area (Å²) in [5, 5.41) is 2.14. The molecule has 5 rings (SSSR count). The highest BCUT2D eigenvalue weighted by Crippen LogP contribution is 2.35. The van der Waals surface area contributed by atoms with Gasteiger partial charge in [0.15, 0.2) is 6.20 Å². The van der Waals surface area contributed by atoms with Gasteiger partial charge in [-0.2, -0.15) is 0 Å². The van der Waals surface area contributed by atoms with Crippen LogP contribution in [0.4, 0.5) is 5.69 Å². The smallest absolute Gasteiger partial charge is 0.212 e. The number of allylic oxidation sites excluding steroid dienone is 8. The van der Waals surface area contributed by atoms with Crippen LogP contribution >= 0.6 is 11.6 Å². The molecule has 0 radical (unpaired) electrons. The van der Waals surface area contributed by atoms with Gasteiger partial charge in [-0.05, 0) is 59.8 Å². The fraction of sp³-hybridized carbons (Fsp3) is 0.167. The molecule has 0 spiro atoms. The molecule has 0 fully saturated rings. The molecule has 2 aliphatic rings. The summed E-state index contributed by atoms with van der Waals surface area (Å²) in [7, 11) is 4.17. The molecule has 0 N–H and O–H groups in total. The molecule has 0 bridgehead atoms. The van der Waals surface area contributed by atoms with Gasteiger partial charge in [-0.25, -0.2) is 4.57 Å². The summed E-state index contributed by atoms with van der Waals surface area (Å²) in [6.07, 6.45) is 18.3. The van der Waals surface area contributed by atoms with Gasteiger partial charge in [-0.1, -0.05) is 66.2 Å². The van der Waals surface area contributed by atoms with Gasteiger partial charge < -0.3 is 4.90 Å². The number of hydrogen-bond acceptors (Lipinski definition) is 1. The van der Waals surface area contributed by atoms with E-state index in [9.17, 15) is 0 Å². The minimum absolute atomic E-state index is 0.894. The largest absolute Gasteiger partial charge is 0.351 e. The Morgan fingerprint density at radius 1 is 0.939 bits per heavy atom. The predicted octanol–water partition coefficient (Wildman–Crippen LogP) is 7.33. The van der Waals surface area contributed by atoms with Gasteiger partial charge >= 0.3 is 0 Å². The molecule has 0 atom stereocenters. The molecule has 0 saturated heterocycles. The van der Waals surface area contributed by atoms with Crippen molar-refractivity contribution < 1.29 is 4.57 Å². The zero-order valence-electron chi connectivity index (χ0n) is 19.1. The number of benzene rings is 2. The summed E-state index contributed by atoms with van der Waals surface area (Å²) in [6.45, 7) is 0. The average Bonchev–Trinajstić information content (AvgIpc) is 2.85. The summed E-state index contributed by atoms with van der Waals surface area (Å²) >= 11 is 6.90. The van der Waals surface area contributed by atoms with Crippen LogP contribution in [-0.2, 0) is 7.05 Å². The minimum Gasteiger partial charge on any atom is -0.351 e. The summed E-state index contributed by atoms with van der Waals surface area (Å²) in [6, 6.07) is 19.2. The van der Waals surface area contributed by atoms with Crippen LogP contribution in [0.3, 0.4) is 0 Å². The Kier molecular flexibility index (Phi) is 6.02. The molecule has 0 saturated carbocycles. The molecule has 0 amide bonds. The second kappa shape index (κ2) is 9.25. The van der Waals surface area contributed by atoms with E-state index in [1.807, 2.05) is 0 Å². The molecule has 164 valence electrons. The van der Waals surface area contributed by atoms with Crippen molar-refractivity contribution in [2.24, 2.45) is 7.05 Å². The lowest BCUT2D eigenvalue weighted by Gasteiger charge is -2.23. The van der Waals surface area contributed by atoms with Crippen LogP contribution in [0, 0.1) is 0 Å². The van der Waals surface area contributed by atoms with Gasteiger partial charge in [0.25, 0.3) is 0 Å². The number of pyridine rings is 1. The van der Waals surface area contributed by atoms with E-state index in [1.165, 1.54) is 44.4 Å². The molecule has 33 heavy (non-hydrogen) atoms.